The minimum absolute atomic E-state index is 0. The number of ether oxygens (including phenoxy) is 1. The van der Waals surface area contributed by atoms with Crippen LogP contribution in [0.2, 0.25) is 0 Å². The molecule has 6 heteroatoms. The Morgan fingerprint density at radius 2 is 1.57 bits per heavy atom. The molecule has 0 rings (SSSR count). The molecule has 0 fully saturated rings. The van der Waals surface area contributed by atoms with Crippen LogP contribution in [0.25, 0.3) is 0 Å². The summed E-state index contributed by atoms with van der Waals surface area (Å²) >= 11 is 0. The minimum atomic E-state index is -1.15. The van der Waals surface area contributed by atoms with E-state index in [1.54, 1.807) is 0 Å². The summed E-state index contributed by atoms with van der Waals surface area (Å²) in [6.07, 6.45) is 4.62. The molecule has 21 heavy (non-hydrogen) atoms. The summed E-state index contributed by atoms with van der Waals surface area (Å²) in [5.74, 6) is -1.80. The first-order chi connectivity index (χ1) is 8.62. The molecule has 0 aromatic heterocycles. The third kappa shape index (κ3) is 11.4. The van der Waals surface area contributed by atoms with Gasteiger partial charge in [0.2, 0.25) is 0 Å². The molecule has 1 N–H and O–H groups in total. The van der Waals surface area contributed by atoms with Crippen LogP contribution in [0.4, 0.5) is 0 Å². The molecule has 0 bridgehead atoms. The van der Waals surface area contributed by atoms with Gasteiger partial charge >= 0.3 is 82.2 Å². The molecule has 0 saturated carbocycles. The predicted molar refractivity (Wildman–Crippen MR) is 89.3 cm³/mol. The molecule has 116 valence electrons. The number of carbonyl (C=O) groups is 2. The number of carboxylic acid groups (broad SMARTS) is 1. The standard InChI is InChI=1S/C15H28O4.K.Li.2H/c1-6-7-8-9-10-15(5,14(2,3)4)19-13(18)11-12(16)17;;;;/h6-11H2,1-5H3,(H,16,17);;;;. The molecule has 0 aromatic carbocycles. The van der Waals surface area contributed by atoms with Crippen molar-refractivity contribution in [3.63, 3.8) is 0 Å². The van der Waals surface area contributed by atoms with Crippen LogP contribution in [0, 0.1) is 5.41 Å². The van der Waals surface area contributed by atoms with Gasteiger partial charge in [0.15, 0.2) is 0 Å². The van der Waals surface area contributed by atoms with E-state index in [1.165, 1.54) is 6.42 Å². The van der Waals surface area contributed by atoms with Crippen LogP contribution < -0.4 is 0 Å². The molecular formula is C15H30KLiO4. The normalized spacial score (nSPS) is 13.4. The summed E-state index contributed by atoms with van der Waals surface area (Å²) in [6, 6.07) is 0. The maximum atomic E-state index is 11.6. The van der Waals surface area contributed by atoms with Crippen LogP contribution in [-0.2, 0) is 14.3 Å². The molecule has 0 radical (unpaired) electrons. The third-order valence-corrected chi connectivity index (χ3v) is 3.73. The van der Waals surface area contributed by atoms with Crippen molar-refractivity contribution in [2.45, 2.75) is 78.7 Å². The van der Waals surface area contributed by atoms with E-state index in [2.05, 4.69) is 6.92 Å². The molecule has 0 amide bonds. The summed E-state index contributed by atoms with van der Waals surface area (Å²) in [6.45, 7) is 10.1. The average molecular weight is 320 g/mol. The Morgan fingerprint density at radius 1 is 1.05 bits per heavy atom. The van der Waals surface area contributed by atoms with E-state index in [-0.39, 0.29) is 75.7 Å². The first kappa shape index (κ1) is 27.0. The second kappa shape index (κ2) is 12.6. The number of hydrogen-bond donors (Lipinski definition) is 1. The summed E-state index contributed by atoms with van der Waals surface area (Å²) in [5.41, 5.74) is -0.833. The van der Waals surface area contributed by atoms with Gasteiger partial charge in [-0.3, -0.25) is 9.59 Å². The van der Waals surface area contributed by atoms with Crippen molar-refractivity contribution in [1.82, 2.24) is 0 Å². The van der Waals surface area contributed by atoms with Crippen molar-refractivity contribution in [1.29, 1.82) is 0 Å². The van der Waals surface area contributed by atoms with E-state index in [4.69, 9.17) is 9.84 Å². The van der Waals surface area contributed by atoms with Gasteiger partial charge in [-0.1, -0.05) is 47.0 Å². The van der Waals surface area contributed by atoms with Gasteiger partial charge in [-0.25, -0.2) is 0 Å². The van der Waals surface area contributed by atoms with Gasteiger partial charge < -0.3 is 9.84 Å². The van der Waals surface area contributed by atoms with Gasteiger partial charge in [0, 0.05) is 5.41 Å². The van der Waals surface area contributed by atoms with Crippen molar-refractivity contribution in [2.24, 2.45) is 5.41 Å². The summed E-state index contributed by atoms with van der Waals surface area (Å²) < 4.78 is 5.47. The van der Waals surface area contributed by atoms with Gasteiger partial charge in [-0.05, 0) is 19.8 Å². The van der Waals surface area contributed by atoms with Crippen molar-refractivity contribution in [2.75, 3.05) is 0 Å². The van der Waals surface area contributed by atoms with Gasteiger partial charge in [-0.2, -0.15) is 0 Å². The van der Waals surface area contributed by atoms with Crippen molar-refractivity contribution in [3.05, 3.63) is 0 Å². The quantitative estimate of drug-likeness (QED) is 0.323. The number of carbonyl (C=O) groups excluding carboxylic acids is 1. The van der Waals surface area contributed by atoms with Crippen LogP contribution in [0.5, 0.6) is 0 Å². The molecule has 1 atom stereocenters. The van der Waals surface area contributed by atoms with Crippen molar-refractivity contribution < 1.29 is 19.4 Å². The van der Waals surface area contributed by atoms with Gasteiger partial charge in [0.1, 0.15) is 12.0 Å². The molecule has 0 aliphatic heterocycles. The monoisotopic (exact) mass is 320 g/mol. The number of rotatable bonds is 8. The van der Waals surface area contributed by atoms with Crippen molar-refractivity contribution >= 4 is 82.2 Å². The molecule has 0 aliphatic carbocycles. The molecule has 0 aliphatic rings. The molecule has 0 spiro atoms. The van der Waals surface area contributed by atoms with E-state index in [0.717, 1.165) is 25.7 Å². The van der Waals surface area contributed by atoms with E-state index >= 15 is 0 Å². The SMILES string of the molecule is CCCCCCC(C)(OC(=O)CC(=O)O)C(C)(C)C.[KH].[LiH]. The van der Waals surface area contributed by atoms with Crippen LogP contribution in [0.3, 0.4) is 0 Å². The van der Waals surface area contributed by atoms with Gasteiger partial charge in [0.05, 0.1) is 0 Å². The van der Waals surface area contributed by atoms with Crippen LogP contribution >= 0.6 is 0 Å². The summed E-state index contributed by atoms with van der Waals surface area (Å²) in [5, 5.41) is 8.63. The van der Waals surface area contributed by atoms with Crippen LogP contribution in [0.15, 0.2) is 0 Å². The fourth-order valence-corrected chi connectivity index (χ4v) is 1.88. The molecule has 4 nitrogen and oxygen atoms in total. The number of hydrogen-bond acceptors (Lipinski definition) is 3. The second-order valence-electron chi connectivity index (χ2n) is 6.34. The Hall–Kier alpha value is 1.17. The maximum absolute atomic E-state index is 11.6. The average Bonchev–Trinajstić information content (AvgIpc) is 2.21. The number of unbranched alkanes of at least 4 members (excludes halogenated alkanes) is 3. The molecular weight excluding hydrogens is 290 g/mol. The Morgan fingerprint density at radius 3 is 1.95 bits per heavy atom. The zero-order valence-electron chi connectivity index (χ0n) is 12.9. The molecule has 0 heterocycles. The Kier molecular flexibility index (Phi) is 16.2. The van der Waals surface area contributed by atoms with E-state index in [9.17, 15) is 9.59 Å². The van der Waals surface area contributed by atoms with Gasteiger partial charge in [-0.15, -0.1) is 0 Å². The predicted octanol–water partition coefficient (Wildman–Crippen LogP) is 2.48. The molecule has 0 aromatic rings. The fraction of sp³-hybridized carbons (Fsp3) is 0.867. The topological polar surface area (TPSA) is 63.6 Å². The number of carboxylic acids is 1. The zero-order valence-corrected chi connectivity index (χ0v) is 12.9. The number of esters is 1. The van der Waals surface area contributed by atoms with Crippen LogP contribution in [-0.4, -0.2) is 92.9 Å². The number of aliphatic carboxylic acids is 1. The summed E-state index contributed by atoms with van der Waals surface area (Å²) in [7, 11) is 0. The summed E-state index contributed by atoms with van der Waals surface area (Å²) in [4.78, 5) is 22.1. The van der Waals surface area contributed by atoms with E-state index < -0.39 is 24.0 Å². The zero-order chi connectivity index (χ0) is 15.1. The fourth-order valence-electron chi connectivity index (χ4n) is 1.88. The Balaban J connectivity index is -0.00000162. The van der Waals surface area contributed by atoms with E-state index in [1.807, 2.05) is 27.7 Å². The van der Waals surface area contributed by atoms with Crippen LogP contribution in [0.1, 0.15) is 73.1 Å². The molecule has 0 saturated heterocycles. The Bertz CT molecular complexity index is 315. The third-order valence-electron chi connectivity index (χ3n) is 3.73. The first-order valence-electron chi connectivity index (χ1n) is 7.06. The molecule has 1 unspecified atom stereocenters. The van der Waals surface area contributed by atoms with E-state index in [0.29, 0.717) is 0 Å². The first-order valence-corrected chi connectivity index (χ1v) is 7.06. The Labute approximate surface area is 183 Å². The van der Waals surface area contributed by atoms with Gasteiger partial charge in [0.25, 0.3) is 0 Å². The second-order valence-corrected chi connectivity index (χ2v) is 6.34. The van der Waals surface area contributed by atoms with Crippen molar-refractivity contribution in [3.8, 4) is 0 Å².